The number of unbranched alkanes of at least 4 members (excludes halogenated alkanes) is 2. The van der Waals surface area contributed by atoms with Crippen LogP contribution in [0.25, 0.3) is 0 Å². The van der Waals surface area contributed by atoms with Crippen LogP contribution in [0.4, 0.5) is 0 Å². The summed E-state index contributed by atoms with van der Waals surface area (Å²) in [5, 5.41) is 10.3. The first-order chi connectivity index (χ1) is 7.69. The highest BCUT2D eigenvalue weighted by Gasteiger charge is 2.13. The van der Waals surface area contributed by atoms with Gasteiger partial charge in [0.25, 0.3) is 0 Å². The zero-order chi connectivity index (χ0) is 12.0. The largest absolute Gasteiger partial charge is 0.198 e. The summed E-state index contributed by atoms with van der Waals surface area (Å²) in [7, 11) is 0. The maximum absolute atomic E-state index is 9.13. The Morgan fingerprint density at radius 1 is 1.31 bits per heavy atom. The highest BCUT2D eigenvalue weighted by molar-refractivity contribution is 6.35. The minimum Gasteiger partial charge on any atom is -0.198 e. The van der Waals surface area contributed by atoms with Crippen LogP contribution >= 0.6 is 23.2 Å². The smallest absolute Gasteiger partial charge is 0.0727 e. The molecule has 0 N–H and O–H groups in total. The van der Waals surface area contributed by atoms with Gasteiger partial charge in [-0.15, -0.1) is 0 Å². The first kappa shape index (κ1) is 13.4. The third-order valence-corrected chi connectivity index (χ3v) is 3.15. The molecular formula is C13H15Cl2N. The Hall–Kier alpha value is -0.710. The quantitative estimate of drug-likeness (QED) is 0.666. The van der Waals surface area contributed by atoms with Crippen molar-refractivity contribution in [3.63, 3.8) is 0 Å². The van der Waals surface area contributed by atoms with Crippen molar-refractivity contribution in [3.8, 4) is 6.07 Å². The Bertz CT molecular complexity index is 382. The molecule has 0 aliphatic heterocycles. The number of nitriles is 1. The first-order valence-corrected chi connectivity index (χ1v) is 6.29. The van der Waals surface area contributed by atoms with Crippen LogP contribution in [0.1, 0.15) is 44.1 Å². The van der Waals surface area contributed by atoms with Crippen LogP contribution in [0.5, 0.6) is 0 Å². The molecule has 0 amide bonds. The molecule has 1 nitrogen and oxygen atoms in total. The molecule has 0 spiro atoms. The predicted molar refractivity (Wildman–Crippen MR) is 69.0 cm³/mol. The van der Waals surface area contributed by atoms with E-state index in [0.717, 1.165) is 31.2 Å². The van der Waals surface area contributed by atoms with Crippen molar-refractivity contribution in [2.75, 3.05) is 0 Å². The minimum absolute atomic E-state index is 0.115. The Kier molecular flexibility index (Phi) is 5.66. The Labute approximate surface area is 107 Å². The van der Waals surface area contributed by atoms with E-state index in [1.807, 2.05) is 6.07 Å². The van der Waals surface area contributed by atoms with E-state index in [1.54, 1.807) is 12.1 Å². The molecule has 0 heterocycles. The molecule has 1 aromatic carbocycles. The molecule has 0 aromatic heterocycles. The molecule has 0 bridgehead atoms. The molecule has 1 atom stereocenters. The second-order valence-electron chi connectivity index (χ2n) is 3.84. The monoisotopic (exact) mass is 255 g/mol. The van der Waals surface area contributed by atoms with Crippen LogP contribution in [0.2, 0.25) is 10.0 Å². The van der Waals surface area contributed by atoms with E-state index < -0.39 is 0 Å². The van der Waals surface area contributed by atoms with Crippen LogP contribution < -0.4 is 0 Å². The summed E-state index contributed by atoms with van der Waals surface area (Å²) in [5.41, 5.74) is 0.893. The summed E-state index contributed by atoms with van der Waals surface area (Å²) in [6.07, 6.45) is 4.25. The molecule has 0 saturated heterocycles. The second kappa shape index (κ2) is 6.78. The first-order valence-electron chi connectivity index (χ1n) is 5.53. The summed E-state index contributed by atoms with van der Waals surface area (Å²) in [4.78, 5) is 0. The van der Waals surface area contributed by atoms with Crippen molar-refractivity contribution >= 4 is 23.2 Å². The fourth-order valence-electron chi connectivity index (χ4n) is 1.67. The molecule has 0 saturated carbocycles. The van der Waals surface area contributed by atoms with Gasteiger partial charge in [0, 0.05) is 10.0 Å². The lowest BCUT2D eigenvalue weighted by Gasteiger charge is -2.11. The number of benzene rings is 1. The van der Waals surface area contributed by atoms with Crippen molar-refractivity contribution in [2.45, 2.75) is 38.5 Å². The van der Waals surface area contributed by atoms with Crippen molar-refractivity contribution in [1.82, 2.24) is 0 Å². The number of rotatable bonds is 5. The van der Waals surface area contributed by atoms with E-state index in [0.29, 0.717) is 10.0 Å². The summed E-state index contributed by atoms with van der Waals surface area (Å²) in [5.74, 6) is -0.115. The Balaban J connectivity index is 2.76. The molecule has 0 aliphatic carbocycles. The van der Waals surface area contributed by atoms with Crippen molar-refractivity contribution in [2.24, 2.45) is 0 Å². The number of halogens is 2. The van der Waals surface area contributed by atoms with E-state index in [1.165, 1.54) is 0 Å². The molecule has 0 aliphatic rings. The fourth-order valence-corrected chi connectivity index (χ4v) is 2.21. The standard InChI is InChI=1S/C13H15Cl2N/c1-2-3-4-5-10(9-16)12-7-6-11(14)8-13(12)15/h6-8,10H,2-5H2,1H3/t10-/m1/s1. The van der Waals surface area contributed by atoms with E-state index in [2.05, 4.69) is 13.0 Å². The summed E-state index contributed by atoms with van der Waals surface area (Å²) in [6.45, 7) is 2.15. The zero-order valence-corrected chi connectivity index (χ0v) is 10.9. The molecule has 0 radical (unpaired) electrons. The Morgan fingerprint density at radius 2 is 2.06 bits per heavy atom. The van der Waals surface area contributed by atoms with E-state index in [-0.39, 0.29) is 5.92 Å². The van der Waals surface area contributed by atoms with Gasteiger partial charge in [-0.3, -0.25) is 0 Å². The van der Waals surface area contributed by atoms with Gasteiger partial charge >= 0.3 is 0 Å². The lowest BCUT2D eigenvalue weighted by molar-refractivity contribution is 0.634. The molecule has 0 unspecified atom stereocenters. The average molecular weight is 256 g/mol. The minimum atomic E-state index is -0.115. The van der Waals surface area contributed by atoms with Crippen LogP contribution in [-0.2, 0) is 0 Å². The van der Waals surface area contributed by atoms with Gasteiger partial charge in [0.1, 0.15) is 0 Å². The molecule has 1 aromatic rings. The van der Waals surface area contributed by atoms with Crippen molar-refractivity contribution < 1.29 is 0 Å². The normalized spacial score (nSPS) is 12.1. The highest BCUT2D eigenvalue weighted by atomic mass is 35.5. The maximum atomic E-state index is 9.13. The summed E-state index contributed by atoms with van der Waals surface area (Å²) < 4.78 is 0. The van der Waals surface area contributed by atoms with Crippen LogP contribution in [-0.4, -0.2) is 0 Å². The van der Waals surface area contributed by atoms with Gasteiger partial charge in [0.05, 0.1) is 12.0 Å². The lowest BCUT2D eigenvalue weighted by atomic mass is 9.94. The number of hydrogen-bond donors (Lipinski definition) is 0. The summed E-state index contributed by atoms with van der Waals surface area (Å²) >= 11 is 11.9. The van der Waals surface area contributed by atoms with Crippen molar-refractivity contribution in [3.05, 3.63) is 33.8 Å². The average Bonchev–Trinajstić information content (AvgIpc) is 2.26. The fraction of sp³-hybridized carbons (Fsp3) is 0.462. The van der Waals surface area contributed by atoms with Gasteiger partial charge in [-0.25, -0.2) is 0 Å². The van der Waals surface area contributed by atoms with Gasteiger partial charge in [-0.2, -0.15) is 5.26 Å². The van der Waals surface area contributed by atoms with E-state index in [9.17, 15) is 0 Å². The van der Waals surface area contributed by atoms with Gasteiger partial charge < -0.3 is 0 Å². The molecule has 86 valence electrons. The van der Waals surface area contributed by atoms with Crippen LogP contribution in [0.15, 0.2) is 18.2 Å². The summed E-state index contributed by atoms with van der Waals surface area (Å²) in [6, 6.07) is 7.64. The molecule has 0 fully saturated rings. The molecule has 3 heteroatoms. The van der Waals surface area contributed by atoms with Gasteiger partial charge in [-0.1, -0.05) is 55.5 Å². The maximum Gasteiger partial charge on any atom is 0.0727 e. The van der Waals surface area contributed by atoms with E-state index >= 15 is 0 Å². The van der Waals surface area contributed by atoms with Crippen molar-refractivity contribution in [1.29, 1.82) is 5.26 Å². The van der Waals surface area contributed by atoms with Gasteiger partial charge in [0.15, 0.2) is 0 Å². The highest BCUT2D eigenvalue weighted by Crippen LogP contribution is 2.30. The SMILES string of the molecule is CCCCC[C@H](C#N)c1ccc(Cl)cc1Cl. The third kappa shape index (κ3) is 3.70. The van der Waals surface area contributed by atoms with Gasteiger partial charge in [0.2, 0.25) is 0 Å². The number of nitrogens with zero attached hydrogens (tertiary/aromatic N) is 1. The van der Waals surface area contributed by atoms with Crippen LogP contribution in [0, 0.1) is 11.3 Å². The topological polar surface area (TPSA) is 23.8 Å². The second-order valence-corrected chi connectivity index (χ2v) is 4.69. The predicted octanol–water partition coefficient (Wildman–Crippen LogP) is 5.18. The molecule has 1 rings (SSSR count). The van der Waals surface area contributed by atoms with E-state index in [4.69, 9.17) is 28.5 Å². The van der Waals surface area contributed by atoms with Gasteiger partial charge in [-0.05, 0) is 24.1 Å². The molecule has 16 heavy (non-hydrogen) atoms. The third-order valence-electron chi connectivity index (χ3n) is 2.59. The number of hydrogen-bond acceptors (Lipinski definition) is 1. The van der Waals surface area contributed by atoms with Crippen LogP contribution in [0.3, 0.4) is 0 Å². The lowest BCUT2D eigenvalue weighted by Crippen LogP contribution is -1.97. The zero-order valence-electron chi connectivity index (χ0n) is 9.34. The molecular weight excluding hydrogens is 241 g/mol. The Morgan fingerprint density at radius 3 is 2.62 bits per heavy atom.